The highest BCUT2D eigenvalue weighted by atomic mass is 16.2. The Labute approximate surface area is 160 Å². The van der Waals surface area contributed by atoms with Crippen LogP contribution in [0.4, 0.5) is 0 Å². The van der Waals surface area contributed by atoms with Gasteiger partial charge in [0.25, 0.3) is 0 Å². The van der Waals surface area contributed by atoms with Crippen LogP contribution < -0.4 is 10.7 Å². The Kier molecular flexibility index (Phi) is 8.77. The summed E-state index contributed by atoms with van der Waals surface area (Å²) >= 11 is 0. The molecule has 0 aliphatic rings. The minimum atomic E-state index is -0.255. The van der Waals surface area contributed by atoms with E-state index in [1.54, 1.807) is 0 Å². The van der Waals surface area contributed by atoms with Crippen molar-refractivity contribution in [2.75, 3.05) is 0 Å². The monoisotopic (exact) mass is 365 g/mol. The third kappa shape index (κ3) is 7.86. The van der Waals surface area contributed by atoms with Crippen molar-refractivity contribution < 1.29 is 9.59 Å². The number of rotatable bonds is 10. The third-order valence-corrected chi connectivity index (χ3v) is 4.10. The molecule has 0 aliphatic heterocycles. The molecule has 2 N–H and O–H groups in total. The first-order valence-electron chi connectivity index (χ1n) is 9.40. The van der Waals surface area contributed by atoms with Gasteiger partial charge in [-0.05, 0) is 24.0 Å². The van der Waals surface area contributed by atoms with Gasteiger partial charge in [-0.3, -0.25) is 9.59 Å². The Balaban J connectivity index is 1.78. The van der Waals surface area contributed by atoms with Gasteiger partial charge < -0.3 is 5.32 Å². The van der Waals surface area contributed by atoms with E-state index in [0.29, 0.717) is 6.54 Å². The van der Waals surface area contributed by atoms with Crippen molar-refractivity contribution in [1.29, 1.82) is 0 Å². The lowest BCUT2D eigenvalue weighted by molar-refractivity contribution is -0.126. The van der Waals surface area contributed by atoms with Crippen LogP contribution in [0.25, 0.3) is 0 Å². The largest absolute Gasteiger partial charge is 0.352 e. The molecule has 2 amide bonds. The number of amides is 2. The Morgan fingerprint density at radius 3 is 2.15 bits per heavy atom. The fraction of sp³-hybridized carbons (Fsp3) is 0.318. The minimum absolute atomic E-state index is 0.111. The first-order chi connectivity index (χ1) is 13.2. The van der Waals surface area contributed by atoms with Gasteiger partial charge in [0, 0.05) is 19.4 Å². The van der Waals surface area contributed by atoms with E-state index in [-0.39, 0.29) is 24.7 Å². The minimum Gasteiger partial charge on any atom is -0.352 e. The standard InChI is InChI=1S/C22H27N3O2/c1-2-3-14-20(19-12-8-5-9-13-19)24-25-22(27)16-15-21(26)23-17-18-10-6-4-7-11-18/h4-13H,2-3,14-17H2,1H3,(H,23,26)(H,25,27)/b24-20+. The molecular weight excluding hydrogens is 338 g/mol. The lowest BCUT2D eigenvalue weighted by atomic mass is 10.1. The number of hydrogen-bond donors (Lipinski definition) is 2. The molecule has 0 aromatic heterocycles. The first kappa shape index (κ1) is 20.4. The average molecular weight is 365 g/mol. The molecule has 0 saturated heterocycles. The molecule has 2 rings (SSSR count). The van der Waals surface area contributed by atoms with E-state index >= 15 is 0 Å². The van der Waals surface area contributed by atoms with Gasteiger partial charge in [0.2, 0.25) is 11.8 Å². The van der Waals surface area contributed by atoms with Gasteiger partial charge in [-0.25, -0.2) is 5.43 Å². The van der Waals surface area contributed by atoms with Crippen LogP contribution in [-0.2, 0) is 16.1 Å². The van der Waals surface area contributed by atoms with Crippen LogP contribution in [-0.4, -0.2) is 17.5 Å². The fourth-order valence-corrected chi connectivity index (χ4v) is 2.54. The molecule has 0 atom stereocenters. The molecule has 0 bridgehead atoms. The Bertz CT molecular complexity index is 743. The number of nitrogens with zero attached hydrogens (tertiary/aromatic N) is 1. The van der Waals surface area contributed by atoms with Crippen LogP contribution in [0.1, 0.15) is 50.2 Å². The van der Waals surface area contributed by atoms with Crippen LogP contribution in [0.15, 0.2) is 65.8 Å². The van der Waals surface area contributed by atoms with Crippen molar-refractivity contribution in [1.82, 2.24) is 10.7 Å². The summed E-state index contributed by atoms with van der Waals surface area (Å²) in [4.78, 5) is 23.9. The van der Waals surface area contributed by atoms with E-state index in [4.69, 9.17) is 0 Å². The number of hydrazone groups is 1. The average Bonchev–Trinajstić information content (AvgIpc) is 2.72. The first-order valence-corrected chi connectivity index (χ1v) is 9.40. The predicted molar refractivity (Wildman–Crippen MR) is 108 cm³/mol. The number of carbonyl (C=O) groups excluding carboxylic acids is 2. The van der Waals surface area contributed by atoms with Crippen LogP contribution in [0.3, 0.4) is 0 Å². The van der Waals surface area contributed by atoms with Gasteiger partial charge in [0.15, 0.2) is 0 Å². The molecule has 0 heterocycles. The molecule has 0 radical (unpaired) electrons. The van der Waals surface area contributed by atoms with Crippen molar-refractivity contribution in [2.24, 2.45) is 5.10 Å². The van der Waals surface area contributed by atoms with Crippen molar-refractivity contribution in [3.8, 4) is 0 Å². The Hall–Kier alpha value is -2.95. The number of unbranched alkanes of at least 4 members (excludes halogenated alkanes) is 1. The van der Waals surface area contributed by atoms with Gasteiger partial charge in [0.05, 0.1) is 5.71 Å². The number of hydrogen-bond acceptors (Lipinski definition) is 3. The van der Waals surface area contributed by atoms with E-state index in [0.717, 1.165) is 36.1 Å². The van der Waals surface area contributed by atoms with Crippen LogP contribution in [0.5, 0.6) is 0 Å². The normalized spacial score (nSPS) is 11.1. The van der Waals surface area contributed by atoms with E-state index in [9.17, 15) is 9.59 Å². The van der Waals surface area contributed by atoms with Gasteiger partial charge in [-0.15, -0.1) is 0 Å². The summed E-state index contributed by atoms with van der Waals surface area (Å²) in [7, 11) is 0. The van der Waals surface area contributed by atoms with E-state index in [1.165, 1.54) is 0 Å². The number of carbonyl (C=O) groups is 2. The Morgan fingerprint density at radius 2 is 1.48 bits per heavy atom. The molecule has 2 aromatic carbocycles. The predicted octanol–water partition coefficient (Wildman–Crippen LogP) is 3.79. The van der Waals surface area contributed by atoms with Gasteiger partial charge in [-0.1, -0.05) is 74.0 Å². The topological polar surface area (TPSA) is 70.6 Å². The van der Waals surface area contributed by atoms with E-state index < -0.39 is 0 Å². The van der Waals surface area contributed by atoms with E-state index in [1.807, 2.05) is 60.7 Å². The molecule has 0 fully saturated rings. The molecule has 0 spiro atoms. The Morgan fingerprint density at radius 1 is 0.852 bits per heavy atom. The molecule has 5 heteroatoms. The molecule has 142 valence electrons. The van der Waals surface area contributed by atoms with Gasteiger partial charge >= 0.3 is 0 Å². The molecule has 0 saturated carbocycles. The quantitative estimate of drug-likeness (QED) is 0.497. The highest BCUT2D eigenvalue weighted by Gasteiger charge is 2.08. The summed E-state index contributed by atoms with van der Waals surface area (Å²) in [5, 5.41) is 7.11. The second-order valence-corrected chi connectivity index (χ2v) is 6.33. The summed E-state index contributed by atoms with van der Waals surface area (Å²) in [6.45, 7) is 2.59. The second-order valence-electron chi connectivity index (χ2n) is 6.33. The smallest absolute Gasteiger partial charge is 0.240 e. The molecule has 2 aromatic rings. The zero-order valence-electron chi connectivity index (χ0n) is 15.8. The zero-order valence-corrected chi connectivity index (χ0v) is 15.8. The van der Waals surface area contributed by atoms with Crippen molar-refractivity contribution in [3.05, 3.63) is 71.8 Å². The molecule has 5 nitrogen and oxygen atoms in total. The maximum atomic E-state index is 12.0. The van der Waals surface area contributed by atoms with Gasteiger partial charge in [0.1, 0.15) is 0 Å². The lowest BCUT2D eigenvalue weighted by Crippen LogP contribution is -2.26. The van der Waals surface area contributed by atoms with Gasteiger partial charge in [-0.2, -0.15) is 5.10 Å². The van der Waals surface area contributed by atoms with E-state index in [2.05, 4.69) is 22.8 Å². The molecular formula is C22H27N3O2. The van der Waals surface area contributed by atoms with Crippen LogP contribution >= 0.6 is 0 Å². The summed E-state index contributed by atoms with van der Waals surface area (Å²) < 4.78 is 0. The second kappa shape index (κ2) is 11.6. The molecule has 27 heavy (non-hydrogen) atoms. The fourth-order valence-electron chi connectivity index (χ4n) is 2.54. The third-order valence-electron chi connectivity index (χ3n) is 4.10. The van der Waals surface area contributed by atoms with Crippen LogP contribution in [0, 0.1) is 0 Å². The lowest BCUT2D eigenvalue weighted by Gasteiger charge is -2.08. The molecule has 0 aliphatic carbocycles. The summed E-state index contributed by atoms with van der Waals surface area (Å²) in [6.07, 6.45) is 3.12. The van der Waals surface area contributed by atoms with Crippen molar-refractivity contribution >= 4 is 17.5 Å². The maximum absolute atomic E-state index is 12.0. The summed E-state index contributed by atoms with van der Waals surface area (Å²) in [5.74, 6) is -0.401. The highest BCUT2D eigenvalue weighted by Crippen LogP contribution is 2.08. The number of benzene rings is 2. The highest BCUT2D eigenvalue weighted by molar-refractivity contribution is 6.01. The maximum Gasteiger partial charge on any atom is 0.240 e. The SMILES string of the molecule is CCCC/C(=N\NC(=O)CCC(=O)NCc1ccccc1)c1ccccc1. The summed E-state index contributed by atoms with van der Waals surface area (Å²) in [5.41, 5.74) is 5.49. The number of nitrogens with one attached hydrogen (secondary N) is 2. The van der Waals surface area contributed by atoms with Crippen molar-refractivity contribution in [3.63, 3.8) is 0 Å². The zero-order chi connectivity index (χ0) is 19.3. The summed E-state index contributed by atoms with van der Waals surface area (Å²) in [6, 6.07) is 19.5. The van der Waals surface area contributed by atoms with Crippen LogP contribution in [0.2, 0.25) is 0 Å². The molecule has 0 unspecified atom stereocenters. The van der Waals surface area contributed by atoms with Crippen molar-refractivity contribution in [2.45, 2.75) is 45.6 Å².